The standard InChI is InChI=1S/C11H21NO4/c1-9(15-3)10(13)12(2)8-11(14)4-6-16-7-5-11/h9,14H,4-8H2,1-3H3. The van der Waals surface area contributed by atoms with Gasteiger partial charge in [-0.2, -0.15) is 0 Å². The first-order valence-electron chi connectivity index (χ1n) is 5.56. The molecule has 1 rings (SSSR count). The first-order valence-corrected chi connectivity index (χ1v) is 5.56. The van der Waals surface area contributed by atoms with Gasteiger partial charge in [0.2, 0.25) is 0 Å². The molecule has 0 aliphatic carbocycles. The van der Waals surface area contributed by atoms with E-state index in [4.69, 9.17) is 9.47 Å². The molecule has 1 aliphatic heterocycles. The van der Waals surface area contributed by atoms with Crippen LogP contribution in [-0.4, -0.2) is 61.5 Å². The zero-order chi connectivity index (χ0) is 12.2. The fraction of sp³-hybridized carbons (Fsp3) is 0.909. The zero-order valence-electron chi connectivity index (χ0n) is 10.2. The highest BCUT2D eigenvalue weighted by Gasteiger charge is 2.33. The van der Waals surface area contributed by atoms with Gasteiger partial charge in [-0.3, -0.25) is 4.79 Å². The Balaban J connectivity index is 2.49. The van der Waals surface area contributed by atoms with Gasteiger partial charge in [0, 0.05) is 46.8 Å². The Morgan fingerprint density at radius 3 is 2.62 bits per heavy atom. The third-order valence-electron chi connectivity index (χ3n) is 3.03. The quantitative estimate of drug-likeness (QED) is 0.741. The number of hydrogen-bond acceptors (Lipinski definition) is 4. The van der Waals surface area contributed by atoms with E-state index in [2.05, 4.69) is 0 Å². The zero-order valence-corrected chi connectivity index (χ0v) is 10.2. The summed E-state index contributed by atoms with van der Waals surface area (Å²) in [7, 11) is 3.19. The van der Waals surface area contributed by atoms with Gasteiger partial charge in [-0.1, -0.05) is 0 Å². The molecule has 0 saturated carbocycles. The highest BCUT2D eigenvalue weighted by molar-refractivity contribution is 5.80. The minimum Gasteiger partial charge on any atom is -0.388 e. The third kappa shape index (κ3) is 3.43. The van der Waals surface area contributed by atoms with Crippen LogP contribution in [0.15, 0.2) is 0 Å². The summed E-state index contributed by atoms with van der Waals surface area (Å²) in [5.41, 5.74) is -0.809. The van der Waals surface area contributed by atoms with E-state index < -0.39 is 11.7 Å². The monoisotopic (exact) mass is 231 g/mol. The van der Waals surface area contributed by atoms with Crippen molar-refractivity contribution < 1.29 is 19.4 Å². The van der Waals surface area contributed by atoms with Crippen LogP contribution in [0.3, 0.4) is 0 Å². The number of amides is 1. The number of methoxy groups -OCH3 is 1. The van der Waals surface area contributed by atoms with Crippen molar-refractivity contribution in [3.05, 3.63) is 0 Å². The molecule has 0 bridgehead atoms. The summed E-state index contributed by atoms with van der Waals surface area (Å²) >= 11 is 0. The maximum Gasteiger partial charge on any atom is 0.251 e. The lowest BCUT2D eigenvalue weighted by molar-refractivity contribution is -0.145. The van der Waals surface area contributed by atoms with Crippen molar-refractivity contribution in [2.75, 3.05) is 33.9 Å². The van der Waals surface area contributed by atoms with E-state index in [1.165, 1.54) is 12.0 Å². The summed E-state index contributed by atoms with van der Waals surface area (Å²) in [4.78, 5) is 13.3. The predicted molar refractivity (Wildman–Crippen MR) is 59.1 cm³/mol. The summed E-state index contributed by atoms with van der Waals surface area (Å²) < 4.78 is 10.1. The number of nitrogens with zero attached hydrogens (tertiary/aromatic N) is 1. The summed E-state index contributed by atoms with van der Waals surface area (Å²) in [6, 6.07) is 0. The van der Waals surface area contributed by atoms with Crippen LogP contribution in [0.5, 0.6) is 0 Å². The molecule has 94 valence electrons. The number of hydrogen-bond donors (Lipinski definition) is 1. The van der Waals surface area contributed by atoms with Crippen molar-refractivity contribution in [1.82, 2.24) is 4.90 Å². The van der Waals surface area contributed by atoms with Crippen LogP contribution in [0.25, 0.3) is 0 Å². The van der Waals surface area contributed by atoms with Crippen molar-refractivity contribution in [1.29, 1.82) is 0 Å². The Labute approximate surface area is 96.3 Å². The molecule has 0 spiro atoms. The van der Waals surface area contributed by atoms with Gasteiger partial charge in [0.15, 0.2) is 0 Å². The van der Waals surface area contributed by atoms with E-state index in [0.29, 0.717) is 32.6 Å². The molecule has 1 heterocycles. The predicted octanol–water partition coefficient (Wildman–Crippen LogP) is 0.0212. The van der Waals surface area contributed by atoms with E-state index in [-0.39, 0.29) is 5.91 Å². The fourth-order valence-corrected chi connectivity index (χ4v) is 1.84. The molecule has 1 atom stereocenters. The van der Waals surface area contributed by atoms with Gasteiger partial charge in [-0.25, -0.2) is 0 Å². The second kappa shape index (κ2) is 5.61. The molecule has 0 radical (unpaired) electrons. The largest absolute Gasteiger partial charge is 0.388 e. The van der Waals surface area contributed by atoms with Gasteiger partial charge in [-0.05, 0) is 6.92 Å². The lowest BCUT2D eigenvalue weighted by Gasteiger charge is -2.35. The lowest BCUT2D eigenvalue weighted by Crippen LogP contribution is -2.49. The molecule has 0 aromatic rings. The van der Waals surface area contributed by atoms with Crippen LogP contribution in [0, 0.1) is 0 Å². The van der Waals surface area contributed by atoms with E-state index in [1.807, 2.05) is 0 Å². The van der Waals surface area contributed by atoms with Crippen LogP contribution < -0.4 is 0 Å². The van der Waals surface area contributed by atoms with Crippen molar-refractivity contribution >= 4 is 5.91 Å². The summed E-state index contributed by atoms with van der Waals surface area (Å²) in [5, 5.41) is 10.2. The molecule has 1 fully saturated rings. The smallest absolute Gasteiger partial charge is 0.251 e. The normalized spacial score (nSPS) is 21.5. The molecular weight excluding hydrogens is 210 g/mol. The minimum atomic E-state index is -0.809. The van der Waals surface area contributed by atoms with Crippen molar-refractivity contribution in [3.63, 3.8) is 0 Å². The van der Waals surface area contributed by atoms with E-state index in [0.717, 1.165) is 0 Å². The fourth-order valence-electron chi connectivity index (χ4n) is 1.84. The van der Waals surface area contributed by atoms with E-state index >= 15 is 0 Å². The molecule has 1 aliphatic rings. The van der Waals surface area contributed by atoms with Crippen LogP contribution in [0.1, 0.15) is 19.8 Å². The maximum absolute atomic E-state index is 11.7. The van der Waals surface area contributed by atoms with Crippen molar-refractivity contribution in [3.8, 4) is 0 Å². The lowest BCUT2D eigenvalue weighted by atomic mass is 9.94. The van der Waals surface area contributed by atoms with Crippen molar-refractivity contribution in [2.24, 2.45) is 0 Å². The molecule has 5 nitrogen and oxygen atoms in total. The number of aliphatic hydroxyl groups is 1. The van der Waals surface area contributed by atoms with Crippen LogP contribution in [-0.2, 0) is 14.3 Å². The van der Waals surface area contributed by atoms with E-state index in [1.54, 1.807) is 14.0 Å². The topological polar surface area (TPSA) is 59.0 Å². The Hall–Kier alpha value is -0.650. The number of carbonyl (C=O) groups excluding carboxylic acids is 1. The van der Waals surface area contributed by atoms with E-state index in [9.17, 15) is 9.90 Å². The molecule has 0 aromatic carbocycles. The van der Waals surface area contributed by atoms with Gasteiger partial charge >= 0.3 is 0 Å². The Morgan fingerprint density at radius 1 is 1.56 bits per heavy atom. The van der Waals surface area contributed by atoms with Gasteiger partial charge < -0.3 is 19.5 Å². The summed E-state index contributed by atoms with van der Waals surface area (Å²) in [5.74, 6) is -0.109. The molecule has 16 heavy (non-hydrogen) atoms. The Kier molecular flexibility index (Phi) is 4.70. The first kappa shape index (κ1) is 13.4. The van der Waals surface area contributed by atoms with Crippen LogP contribution in [0.2, 0.25) is 0 Å². The molecule has 1 amide bonds. The maximum atomic E-state index is 11.7. The average Bonchev–Trinajstić information content (AvgIpc) is 2.27. The van der Waals surface area contributed by atoms with Crippen molar-refractivity contribution in [2.45, 2.75) is 31.5 Å². The molecule has 0 aromatic heterocycles. The van der Waals surface area contributed by atoms with Crippen LogP contribution in [0.4, 0.5) is 0 Å². The first-order chi connectivity index (χ1) is 7.48. The SMILES string of the molecule is COC(C)C(=O)N(C)CC1(O)CCOCC1. The summed E-state index contributed by atoms with van der Waals surface area (Å²) in [6.45, 7) is 3.15. The molecule has 1 saturated heterocycles. The molecule has 1 N–H and O–H groups in total. The van der Waals surface area contributed by atoms with Crippen LogP contribution >= 0.6 is 0 Å². The second-order valence-electron chi connectivity index (χ2n) is 4.41. The molecule has 5 heteroatoms. The third-order valence-corrected chi connectivity index (χ3v) is 3.03. The highest BCUT2D eigenvalue weighted by atomic mass is 16.5. The van der Waals surface area contributed by atoms with Gasteiger partial charge in [-0.15, -0.1) is 0 Å². The highest BCUT2D eigenvalue weighted by Crippen LogP contribution is 2.21. The number of ether oxygens (including phenoxy) is 2. The van der Waals surface area contributed by atoms with Gasteiger partial charge in [0.05, 0.1) is 5.60 Å². The summed E-state index contributed by atoms with van der Waals surface area (Å²) in [6.07, 6.45) is 0.686. The van der Waals surface area contributed by atoms with Gasteiger partial charge in [0.25, 0.3) is 5.91 Å². The number of carbonyl (C=O) groups is 1. The second-order valence-corrected chi connectivity index (χ2v) is 4.41. The van der Waals surface area contributed by atoms with Gasteiger partial charge in [0.1, 0.15) is 6.10 Å². The average molecular weight is 231 g/mol. The Morgan fingerprint density at radius 2 is 2.12 bits per heavy atom. The molecule has 1 unspecified atom stereocenters. The number of rotatable bonds is 4. The minimum absolute atomic E-state index is 0.109. The number of likely N-dealkylation sites (N-methyl/N-ethyl adjacent to an activating group) is 1. The Bertz CT molecular complexity index is 238. The molecular formula is C11H21NO4.